The van der Waals surface area contributed by atoms with Crippen molar-refractivity contribution in [3.63, 3.8) is 0 Å². The van der Waals surface area contributed by atoms with Crippen LogP contribution in [0.15, 0.2) is 39.2 Å². The maximum Gasteiger partial charge on any atom is 0.245 e. The number of halogens is 1. The first-order valence-corrected chi connectivity index (χ1v) is 9.16. The summed E-state index contributed by atoms with van der Waals surface area (Å²) in [6, 6.07) is 7.51. The number of hydrogen-bond acceptors (Lipinski definition) is 5. The lowest BCUT2D eigenvalue weighted by Gasteiger charge is -2.12. The zero-order valence-electron chi connectivity index (χ0n) is 13.5. The summed E-state index contributed by atoms with van der Waals surface area (Å²) in [6.07, 6.45) is 2.81. The minimum absolute atomic E-state index is 0.150. The molecule has 1 aromatic heterocycles. The van der Waals surface area contributed by atoms with Crippen molar-refractivity contribution in [2.45, 2.75) is 19.8 Å². The van der Waals surface area contributed by atoms with E-state index in [1.54, 1.807) is 24.7 Å². The maximum atomic E-state index is 11.8. The molecule has 1 heterocycles. The summed E-state index contributed by atoms with van der Waals surface area (Å²) >= 11 is 5.02. The first-order valence-electron chi connectivity index (χ1n) is 7.48. The lowest BCUT2D eigenvalue weighted by Crippen LogP contribution is -2.19. The number of amides is 1. The van der Waals surface area contributed by atoms with Gasteiger partial charge >= 0.3 is 0 Å². The second-order valence-electron chi connectivity index (χ2n) is 4.93. The SMILES string of the molecule is CCCOc1c(Br)cc(/C=N/NC(=O)Cc2cccs2)cc1OC. The van der Waals surface area contributed by atoms with Crippen LogP contribution >= 0.6 is 27.3 Å². The number of ether oxygens (including phenoxy) is 2. The molecule has 0 saturated heterocycles. The number of carbonyl (C=O) groups excluding carboxylic acids is 1. The molecule has 5 nitrogen and oxygen atoms in total. The topological polar surface area (TPSA) is 59.9 Å². The smallest absolute Gasteiger partial charge is 0.245 e. The highest BCUT2D eigenvalue weighted by Gasteiger charge is 2.11. The second-order valence-corrected chi connectivity index (χ2v) is 6.82. The molecular formula is C17H19BrN2O3S. The molecule has 128 valence electrons. The fraction of sp³-hybridized carbons (Fsp3) is 0.294. The van der Waals surface area contributed by atoms with Crippen LogP contribution in [0.1, 0.15) is 23.8 Å². The molecule has 1 amide bonds. The van der Waals surface area contributed by atoms with Gasteiger partial charge in [-0.3, -0.25) is 4.79 Å². The zero-order chi connectivity index (χ0) is 17.4. The van der Waals surface area contributed by atoms with Gasteiger partial charge < -0.3 is 9.47 Å². The van der Waals surface area contributed by atoms with E-state index in [0.717, 1.165) is 21.3 Å². The van der Waals surface area contributed by atoms with Crippen LogP contribution in [0.4, 0.5) is 0 Å². The van der Waals surface area contributed by atoms with Crippen molar-refractivity contribution in [2.75, 3.05) is 13.7 Å². The molecule has 0 saturated carbocycles. The minimum Gasteiger partial charge on any atom is -0.493 e. The van der Waals surface area contributed by atoms with Gasteiger partial charge in [-0.1, -0.05) is 13.0 Å². The van der Waals surface area contributed by atoms with Gasteiger partial charge in [0.05, 0.1) is 30.8 Å². The molecule has 1 N–H and O–H groups in total. The Hall–Kier alpha value is -1.86. The molecule has 0 unspecified atom stereocenters. The Bertz CT molecular complexity index is 702. The van der Waals surface area contributed by atoms with Crippen molar-refractivity contribution >= 4 is 39.4 Å². The third kappa shape index (κ3) is 5.35. The molecule has 0 aliphatic carbocycles. The molecule has 1 aromatic carbocycles. The van der Waals surface area contributed by atoms with Crippen LogP contribution in [0, 0.1) is 0 Å². The summed E-state index contributed by atoms with van der Waals surface area (Å²) in [5, 5.41) is 5.94. The first-order chi connectivity index (χ1) is 11.6. The summed E-state index contributed by atoms with van der Waals surface area (Å²) in [4.78, 5) is 12.8. The normalized spacial score (nSPS) is 10.8. The standard InChI is InChI=1S/C17H19BrN2O3S/c1-3-6-23-17-14(18)8-12(9-15(17)22-2)11-19-20-16(21)10-13-5-4-7-24-13/h4-5,7-9,11H,3,6,10H2,1-2H3,(H,20,21)/b19-11+. The Kier molecular flexibility index (Phi) is 7.27. The highest BCUT2D eigenvalue weighted by atomic mass is 79.9. The van der Waals surface area contributed by atoms with Crippen molar-refractivity contribution < 1.29 is 14.3 Å². The highest BCUT2D eigenvalue weighted by Crippen LogP contribution is 2.36. The first kappa shape index (κ1) is 18.5. The van der Waals surface area contributed by atoms with E-state index in [0.29, 0.717) is 24.5 Å². The predicted octanol–water partition coefficient (Wildman–Crippen LogP) is 4.00. The van der Waals surface area contributed by atoms with Gasteiger partial charge in [-0.25, -0.2) is 5.43 Å². The third-order valence-corrected chi connectivity index (χ3v) is 4.49. The summed E-state index contributed by atoms with van der Waals surface area (Å²) in [6.45, 7) is 2.65. The second kappa shape index (κ2) is 9.44. The zero-order valence-corrected chi connectivity index (χ0v) is 15.9. The van der Waals surface area contributed by atoms with Gasteiger partial charge in [0.2, 0.25) is 5.91 Å². The van der Waals surface area contributed by atoms with E-state index < -0.39 is 0 Å². The number of carbonyl (C=O) groups is 1. The third-order valence-electron chi connectivity index (χ3n) is 3.02. The Balaban J connectivity index is 2.00. The molecule has 0 atom stereocenters. The van der Waals surface area contributed by atoms with Crippen LogP contribution < -0.4 is 14.9 Å². The van der Waals surface area contributed by atoms with Crippen molar-refractivity contribution in [2.24, 2.45) is 5.10 Å². The van der Waals surface area contributed by atoms with Gasteiger partial charge in [-0.05, 0) is 51.5 Å². The Morgan fingerprint density at radius 2 is 2.29 bits per heavy atom. The minimum atomic E-state index is -0.150. The molecule has 0 aliphatic heterocycles. The van der Waals surface area contributed by atoms with Gasteiger partial charge in [0.25, 0.3) is 0 Å². The Morgan fingerprint density at radius 3 is 2.96 bits per heavy atom. The van der Waals surface area contributed by atoms with Gasteiger partial charge in [0.1, 0.15) is 0 Å². The Labute approximate surface area is 153 Å². The summed E-state index contributed by atoms with van der Waals surface area (Å²) in [5.74, 6) is 1.13. The maximum absolute atomic E-state index is 11.8. The number of rotatable bonds is 8. The van der Waals surface area contributed by atoms with E-state index in [9.17, 15) is 4.79 Å². The fourth-order valence-electron chi connectivity index (χ4n) is 1.95. The fourth-order valence-corrected chi connectivity index (χ4v) is 3.23. The van der Waals surface area contributed by atoms with Crippen LogP contribution in [0.5, 0.6) is 11.5 Å². The summed E-state index contributed by atoms with van der Waals surface area (Å²) in [7, 11) is 1.59. The van der Waals surface area contributed by atoms with Crippen molar-refractivity contribution in [3.8, 4) is 11.5 Å². The number of nitrogens with one attached hydrogen (secondary N) is 1. The molecule has 7 heteroatoms. The number of hydrogen-bond donors (Lipinski definition) is 1. The van der Waals surface area contributed by atoms with Crippen molar-refractivity contribution in [3.05, 3.63) is 44.6 Å². The molecule has 24 heavy (non-hydrogen) atoms. The number of methoxy groups -OCH3 is 1. The van der Waals surface area contributed by atoms with Gasteiger partial charge in [0, 0.05) is 4.88 Å². The molecule has 0 spiro atoms. The van der Waals surface area contributed by atoms with Gasteiger partial charge in [-0.15, -0.1) is 11.3 Å². The van der Waals surface area contributed by atoms with Crippen LogP contribution in [0.3, 0.4) is 0 Å². The predicted molar refractivity (Wildman–Crippen MR) is 100 cm³/mol. The van der Waals surface area contributed by atoms with Gasteiger partial charge in [0.15, 0.2) is 11.5 Å². The number of thiophene rings is 1. The molecule has 0 aliphatic rings. The average Bonchev–Trinajstić information content (AvgIpc) is 3.06. The summed E-state index contributed by atoms with van der Waals surface area (Å²) in [5.41, 5.74) is 3.32. The van der Waals surface area contributed by atoms with Crippen LogP contribution in [-0.2, 0) is 11.2 Å². The molecule has 0 radical (unpaired) electrons. The van der Waals surface area contributed by atoms with E-state index in [1.165, 1.54) is 0 Å². The van der Waals surface area contributed by atoms with E-state index in [4.69, 9.17) is 9.47 Å². The van der Waals surface area contributed by atoms with Gasteiger partial charge in [-0.2, -0.15) is 5.10 Å². The van der Waals surface area contributed by atoms with Crippen LogP contribution in [0.25, 0.3) is 0 Å². The number of benzene rings is 1. The molecule has 0 bridgehead atoms. The monoisotopic (exact) mass is 410 g/mol. The van der Waals surface area contributed by atoms with E-state index in [1.807, 2.05) is 36.6 Å². The molecule has 2 aromatic rings. The molecule has 0 fully saturated rings. The highest BCUT2D eigenvalue weighted by molar-refractivity contribution is 9.10. The molecule has 2 rings (SSSR count). The van der Waals surface area contributed by atoms with Crippen LogP contribution in [0.2, 0.25) is 0 Å². The Morgan fingerprint density at radius 1 is 1.46 bits per heavy atom. The lowest BCUT2D eigenvalue weighted by molar-refractivity contribution is -0.120. The average molecular weight is 411 g/mol. The number of nitrogens with zero attached hydrogens (tertiary/aromatic N) is 1. The lowest BCUT2D eigenvalue weighted by atomic mass is 10.2. The van der Waals surface area contributed by atoms with E-state index >= 15 is 0 Å². The largest absolute Gasteiger partial charge is 0.493 e. The molecular weight excluding hydrogens is 392 g/mol. The summed E-state index contributed by atoms with van der Waals surface area (Å²) < 4.78 is 11.8. The van der Waals surface area contributed by atoms with E-state index in [-0.39, 0.29) is 5.91 Å². The van der Waals surface area contributed by atoms with Crippen molar-refractivity contribution in [1.29, 1.82) is 0 Å². The van der Waals surface area contributed by atoms with E-state index in [2.05, 4.69) is 26.5 Å². The quantitative estimate of drug-likeness (QED) is 0.528. The van der Waals surface area contributed by atoms with Crippen LogP contribution in [-0.4, -0.2) is 25.8 Å². The van der Waals surface area contributed by atoms with Crippen molar-refractivity contribution in [1.82, 2.24) is 5.43 Å². The number of hydrazone groups is 1.